The molecule has 0 aliphatic rings. The number of rotatable bonds is 11. The van der Waals surface area contributed by atoms with E-state index < -0.39 is 0 Å². The first kappa shape index (κ1) is 22.3. The minimum Gasteiger partial charge on any atom is -0.507 e. The summed E-state index contributed by atoms with van der Waals surface area (Å²) >= 11 is 0. The van der Waals surface area contributed by atoms with Crippen LogP contribution >= 0.6 is 0 Å². The number of ether oxygens (including phenoxy) is 2. The second-order valence-corrected chi connectivity index (χ2v) is 7.24. The fraction of sp³-hybridized carbons (Fsp3) is 0.391. The molecular formula is C23H28N4O4. The van der Waals surface area contributed by atoms with Crippen molar-refractivity contribution >= 4 is 5.78 Å². The first-order valence-corrected chi connectivity index (χ1v) is 10.4. The first-order valence-electron chi connectivity index (χ1n) is 10.4. The summed E-state index contributed by atoms with van der Waals surface area (Å²) in [5.74, 6) is 1.61. The number of tetrazole rings is 1. The largest absolute Gasteiger partial charge is 0.507 e. The van der Waals surface area contributed by atoms with Crippen LogP contribution in [-0.4, -0.2) is 44.8 Å². The molecule has 0 radical (unpaired) electrons. The smallest absolute Gasteiger partial charge is 0.200 e. The van der Waals surface area contributed by atoms with Crippen LogP contribution in [0.15, 0.2) is 36.4 Å². The zero-order valence-corrected chi connectivity index (χ0v) is 18.2. The number of unbranched alkanes of at least 4 members (excludes halogenated alkanes) is 1. The summed E-state index contributed by atoms with van der Waals surface area (Å²) in [6.07, 6.45) is 3.90. The number of carbonyl (C=O) groups is 1. The van der Waals surface area contributed by atoms with Gasteiger partial charge in [0.15, 0.2) is 11.6 Å². The van der Waals surface area contributed by atoms with Gasteiger partial charge in [-0.1, -0.05) is 25.5 Å². The number of phenols is 1. The minimum atomic E-state index is -0.281. The van der Waals surface area contributed by atoms with Gasteiger partial charge in [-0.2, -0.15) is 0 Å². The summed E-state index contributed by atoms with van der Waals surface area (Å²) in [5.41, 5.74) is 1.31. The predicted molar refractivity (Wildman–Crippen MR) is 116 cm³/mol. The second-order valence-electron chi connectivity index (χ2n) is 7.24. The number of nitrogens with zero attached hydrogens (tertiary/aromatic N) is 4. The molecule has 0 saturated heterocycles. The van der Waals surface area contributed by atoms with E-state index in [0.717, 1.165) is 31.5 Å². The molecule has 3 rings (SSSR count). The molecule has 0 unspecified atom stereocenters. The second kappa shape index (κ2) is 10.6. The number of phenolic OH excluding ortho intramolecular Hbond substituents is 1. The lowest BCUT2D eigenvalue weighted by Crippen LogP contribution is -2.07. The predicted octanol–water partition coefficient (Wildman–Crippen LogP) is 3.51. The molecule has 0 bridgehead atoms. The molecule has 0 atom stereocenters. The van der Waals surface area contributed by atoms with E-state index in [1.807, 2.05) is 14.0 Å². The zero-order chi connectivity index (χ0) is 22.2. The molecule has 0 amide bonds. The van der Waals surface area contributed by atoms with Crippen LogP contribution in [-0.2, 0) is 19.9 Å². The maximum absolute atomic E-state index is 13.1. The summed E-state index contributed by atoms with van der Waals surface area (Å²) in [6.45, 7) is 2.52. The summed E-state index contributed by atoms with van der Waals surface area (Å²) in [6, 6.07) is 10.4. The van der Waals surface area contributed by atoms with E-state index in [1.54, 1.807) is 41.1 Å². The van der Waals surface area contributed by atoms with Crippen LogP contribution in [0.4, 0.5) is 0 Å². The number of hydrogen-bond donors (Lipinski definition) is 1. The number of ketones is 1. The number of carbonyl (C=O) groups excluding carboxylic acids is 1. The van der Waals surface area contributed by atoms with Crippen molar-refractivity contribution in [1.82, 2.24) is 20.2 Å². The van der Waals surface area contributed by atoms with E-state index in [-0.39, 0.29) is 17.1 Å². The molecule has 8 heteroatoms. The van der Waals surface area contributed by atoms with Gasteiger partial charge in [0, 0.05) is 19.0 Å². The highest BCUT2D eigenvalue weighted by Crippen LogP contribution is 2.35. The normalized spacial score (nSPS) is 10.8. The summed E-state index contributed by atoms with van der Waals surface area (Å²) in [4.78, 5) is 13.1. The number of hydrogen-bond acceptors (Lipinski definition) is 7. The summed E-state index contributed by atoms with van der Waals surface area (Å²) in [7, 11) is 3.34. The standard InChI is InChI=1S/C23H28N4O4/c1-4-9-16-20(31-15-8-7-12-21-24-25-26-27(21)2)14-13-18(22(16)28)23(29)17-10-5-6-11-19(17)30-3/h5-6,10-11,13-14,28H,4,7-9,12,15H2,1-3H3. The highest BCUT2D eigenvalue weighted by molar-refractivity contribution is 6.12. The molecule has 3 aromatic rings. The quantitative estimate of drug-likeness (QED) is 0.371. The third-order valence-electron chi connectivity index (χ3n) is 5.10. The Morgan fingerprint density at radius 3 is 2.58 bits per heavy atom. The van der Waals surface area contributed by atoms with Crippen molar-refractivity contribution in [3.05, 3.63) is 58.9 Å². The minimum absolute atomic E-state index is 0.0274. The Morgan fingerprint density at radius 1 is 1.06 bits per heavy atom. The van der Waals surface area contributed by atoms with Gasteiger partial charge in [-0.3, -0.25) is 4.79 Å². The Hall–Kier alpha value is -3.42. The van der Waals surface area contributed by atoms with Gasteiger partial charge in [0.1, 0.15) is 17.2 Å². The van der Waals surface area contributed by atoms with Gasteiger partial charge < -0.3 is 14.6 Å². The molecule has 164 valence electrons. The molecule has 8 nitrogen and oxygen atoms in total. The molecule has 0 saturated carbocycles. The monoisotopic (exact) mass is 424 g/mol. The lowest BCUT2D eigenvalue weighted by atomic mass is 9.97. The molecule has 0 aliphatic heterocycles. The van der Waals surface area contributed by atoms with Crippen LogP contribution in [0, 0.1) is 0 Å². The summed E-state index contributed by atoms with van der Waals surface area (Å²) in [5, 5.41) is 22.3. The van der Waals surface area contributed by atoms with Gasteiger partial charge in [0.05, 0.1) is 24.8 Å². The first-order chi connectivity index (χ1) is 15.1. The van der Waals surface area contributed by atoms with Crippen molar-refractivity contribution in [3.63, 3.8) is 0 Å². The molecule has 2 aromatic carbocycles. The van der Waals surface area contributed by atoms with Gasteiger partial charge >= 0.3 is 0 Å². The van der Waals surface area contributed by atoms with E-state index in [2.05, 4.69) is 15.5 Å². The lowest BCUT2D eigenvalue weighted by Gasteiger charge is -2.16. The average molecular weight is 425 g/mol. The Balaban J connectivity index is 1.71. The van der Waals surface area contributed by atoms with Crippen molar-refractivity contribution in [1.29, 1.82) is 0 Å². The third-order valence-corrected chi connectivity index (χ3v) is 5.10. The van der Waals surface area contributed by atoms with Crippen molar-refractivity contribution < 1.29 is 19.4 Å². The van der Waals surface area contributed by atoms with Crippen molar-refractivity contribution in [2.45, 2.75) is 39.0 Å². The number of benzene rings is 2. The average Bonchev–Trinajstić information content (AvgIpc) is 3.20. The SMILES string of the molecule is CCCc1c(OCCCCc2nnnn2C)ccc(C(=O)c2ccccc2OC)c1O. The molecule has 0 spiro atoms. The van der Waals surface area contributed by atoms with E-state index >= 15 is 0 Å². The van der Waals surface area contributed by atoms with E-state index in [9.17, 15) is 9.90 Å². The van der Waals surface area contributed by atoms with Crippen LogP contribution in [0.1, 0.15) is 53.5 Å². The van der Waals surface area contributed by atoms with Gasteiger partial charge in [0.2, 0.25) is 0 Å². The van der Waals surface area contributed by atoms with Crippen LogP contribution < -0.4 is 9.47 Å². The van der Waals surface area contributed by atoms with Crippen LogP contribution in [0.5, 0.6) is 17.2 Å². The number of aryl methyl sites for hydroxylation is 2. The molecule has 1 aromatic heterocycles. The van der Waals surface area contributed by atoms with Crippen molar-refractivity contribution in [2.24, 2.45) is 7.05 Å². The van der Waals surface area contributed by atoms with E-state index in [1.165, 1.54) is 7.11 Å². The van der Waals surface area contributed by atoms with Crippen LogP contribution in [0.3, 0.4) is 0 Å². The van der Waals surface area contributed by atoms with Gasteiger partial charge in [-0.25, -0.2) is 4.68 Å². The van der Waals surface area contributed by atoms with Crippen molar-refractivity contribution in [3.8, 4) is 17.2 Å². The zero-order valence-electron chi connectivity index (χ0n) is 18.2. The maximum Gasteiger partial charge on any atom is 0.200 e. The van der Waals surface area contributed by atoms with Gasteiger partial charge in [-0.15, -0.1) is 5.10 Å². The Bertz CT molecular complexity index is 1030. The molecule has 1 heterocycles. The van der Waals surface area contributed by atoms with E-state index in [4.69, 9.17) is 9.47 Å². The highest BCUT2D eigenvalue weighted by Gasteiger charge is 2.21. The molecule has 0 fully saturated rings. The Labute approximate surface area is 181 Å². The molecule has 31 heavy (non-hydrogen) atoms. The van der Waals surface area contributed by atoms with Gasteiger partial charge in [0.25, 0.3) is 0 Å². The topological polar surface area (TPSA) is 99.4 Å². The third kappa shape index (κ3) is 5.20. The highest BCUT2D eigenvalue weighted by atomic mass is 16.5. The van der Waals surface area contributed by atoms with E-state index in [0.29, 0.717) is 35.7 Å². The van der Waals surface area contributed by atoms with Crippen LogP contribution in [0.25, 0.3) is 0 Å². The number of aromatic nitrogens is 4. The molecule has 1 N–H and O–H groups in total. The van der Waals surface area contributed by atoms with Crippen LogP contribution in [0.2, 0.25) is 0 Å². The number of aromatic hydroxyl groups is 1. The Morgan fingerprint density at radius 2 is 1.87 bits per heavy atom. The van der Waals surface area contributed by atoms with Crippen molar-refractivity contribution in [2.75, 3.05) is 13.7 Å². The maximum atomic E-state index is 13.1. The Kier molecular flexibility index (Phi) is 7.59. The summed E-state index contributed by atoms with van der Waals surface area (Å²) < 4.78 is 12.9. The molecular weight excluding hydrogens is 396 g/mol. The number of para-hydroxylation sites is 1. The number of methoxy groups -OCH3 is 1. The van der Waals surface area contributed by atoms with Gasteiger partial charge in [-0.05, 0) is 54.0 Å². The molecule has 0 aliphatic carbocycles. The lowest BCUT2D eigenvalue weighted by molar-refractivity contribution is 0.103. The fourth-order valence-corrected chi connectivity index (χ4v) is 3.43. The fourth-order valence-electron chi connectivity index (χ4n) is 3.43.